The SMILES string of the molecule is CN(CC(=O)N1CCC(C(=O)Nc2ccccc2)CC1)c1ccc(F)c(F)c1. The molecular weight excluding hydrogens is 364 g/mol. The van der Waals surface area contributed by atoms with Crippen LogP contribution in [-0.4, -0.2) is 43.4 Å². The highest BCUT2D eigenvalue weighted by Gasteiger charge is 2.27. The molecule has 1 aliphatic rings. The Kier molecular flexibility index (Phi) is 6.23. The third-order valence-corrected chi connectivity index (χ3v) is 4.98. The molecule has 0 aromatic heterocycles. The first-order valence-electron chi connectivity index (χ1n) is 9.24. The summed E-state index contributed by atoms with van der Waals surface area (Å²) in [5, 5.41) is 2.90. The van der Waals surface area contributed by atoms with Crippen molar-refractivity contribution in [1.82, 2.24) is 4.90 Å². The number of likely N-dealkylation sites (N-methyl/N-ethyl adjacent to an activating group) is 1. The molecule has 0 bridgehead atoms. The summed E-state index contributed by atoms with van der Waals surface area (Å²) in [6.07, 6.45) is 1.19. The van der Waals surface area contributed by atoms with Gasteiger partial charge in [0.1, 0.15) is 0 Å². The second kappa shape index (κ2) is 8.82. The third kappa shape index (κ3) is 4.85. The van der Waals surface area contributed by atoms with Gasteiger partial charge in [-0.15, -0.1) is 0 Å². The van der Waals surface area contributed by atoms with Gasteiger partial charge in [-0.05, 0) is 37.1 Å². The van der Waals surface area contributed by atoms with Crippen molar-refractivity contribution in [2.45, 2.75) is 12.8 Å². The number of hydrogen-bond donors (Lipinski definition) is 1. The van der Waals surface area contributed by atoms with Crippen LogP contribution in [0.5, 0.6) is 0 Å². The Morgan fingerprint density at radius 2 is 1.75 bits per heavy atom. The van der Waals surface area contributed by atoms with Crippen LogP contribution in [0.1, 0.15) is 12.8 Å². The molecule has 1 heterocycles. The molecule has 2 amide bonds. The second-order valence-electron chi connectivity index (χ2n) is 6.96. The molecule has 0 unspecified atom stereocenters. The molecule has 0 spiro atoms. The van der Waals surface area contributed by atoms with E-state index in [1.807, 2.05) is 30.3 Å². The third-order valence-electron chi connectivity index (χ3n) is 4.98. The van der Waals surface area contributed by atoms with Crippen molar-refractivity contribution >= 4 is 23.2 Å². The van der Waals surface area contributed by atoms with Gasteiger partial charge in [0.05, 0.1) is 6.54 Å². The quantitative estimate of drug-likeness (QED) is 0.857. The number of amides is 2. The minimum Gasteiger partial charge on any atom is -0.365 e. The topological polar surface area (TPSA) is 52.7 Å². The smallest absolute Gasteiger partial charge is 0.242 e. The number of benzene rings is 2. The van der Waals surface area contributed by atoms with Crippen LogP contribution in [0.25, 0.3) is 0 Å². The lowest BCUT2D eigenvalue weighted by Crippen LogP contribution is -2.45. The molecule has 2 aromatic rings. The molecule has 1 N–H and O–H groups in total. The average Bonchev–Trinajstić information content (AvgIpc) is 2.70. The Bertz CT molecular complexity index is 837. The summed E-state index contributed by atoms with van der Waals surface area (Å²) in [6.45, 7) is 1.06. The monoisotopic (exact) mass is 387 g/mol. The van der Waals surface area contributed by atoms with Gasteiger partial charge in [-0.25, -0.2) is 8.78 Å². The van der Waals surface area contributed by atoms with Gasteiger partial charge in [0.2, 0.25) is 11.8 Å². The van der Waals surface area contributed by atoms with Gasteiger partial charge in [0.25, 0.3) is 0 Å². The van der Waals surface area contributed by atoms with Crippen LogP contribution < -0.4 is 10.2 Å². The summed E-state index contributed by atoms with van der Waals surface area (Å²) in [5.41, 5.74) is 1.20. The van der Waals surface area contributed by atoms with E-state index in [1.54, 1.807) is 16.8 Å². The van der Waals surface area contributed by atoms with Crippen LogP contribution in [0.15, 0.2) is 48.5 Å². The van der Waals surface area contributed by atoms with Crippen molar-refractivity contribution < 1.29 is 18.4 Å². The lowest BCUT2D eigenvalue weighted by Gasteiger charge is -2.32. The van der Waals surface area contributed by atoms with Crippen LogP contribution in [0.2, 0.25) is 0 Å². The Morgan fingerprint density at radius 3 is 2.39 bits per heavy atom. The number of para-hydroxylation sites is 1. The molecule has 0 aliphatic carbocycles. The number of carbonyl (C=O) groups is 2. The molecule has 28 heavy (non-hydrogen) atoms. The van der Waals surface area contributed by atoms with Gasteiger partial charge in [0, 0.05) is 43.5 Å². The fourth-order valence-corrected chi connectivity index (χ4v) is 3.27. The highest BCUT2D eigenvalue weighted by atomic mass is 19.2. The first-order valence-corrected chi connectivity index (χ1v) is 9.24. The number of rotatable bonds is 5. The first kappa shape index (κ1) is 19.8. The minimum atomic E-state index is -0.943. The average molecular weight is 387 g/mol. The minimum absolute atomic E-state index is 0.0304. The molecule has 1 aliphatic heterocycles. The number of likely N-dealkylation sites (tertiary alicyclic amines) is 1. The number of anilines is 2. The molecule has 7 heteroatoms. The van der Waals surface area contributed by atoms with E-state index in [-0.39, 0.29) is 24.3 Å². The van der Waals surface area contributed by atoms with Crippen LogP contribution in [-0.2, 0) is 9.59 Å². The normalized spacial score (nSPS) is 14.6. The van der Waals surface area contributed by atoms with Crippen LogP contribution >= 0.6 is 0 Å². The Morgan fingerprint density at radius 1 is 1.07 bits per heavy atom. The predicted octanol–water partition coefficient (Wildman–Crippen LogP) is 3.28. The van der Waals surface area contributed by atoms with E-state index in [2.05, 4.69) is 5.32 Å². The van der Waals surface area contributed by atoms with Crippen LogP contribution in [0.4, 0.5) is 20.2 Å². The molecule has 5 nitrogen and oxygen atoms in total. The van der Waals surface area contributed by atoms with Gasteiger partial charge >= 0.3 is 0 Å². The summed E-state index contributed by atoms with van der Waals surface area (Å²) >= 11 is 0. The largest absolute Gasteiger partial charge is 0.365 e. The van der Waals surface area contributed by atoms with Crippen molar-refractivity contribution in [2.75, 3.05) is 36.9 Å². The molecule has 2 aromatic carbocycles. The van der Waals surface area contributed by atoms with E-state index < -0.39 is 11.6 Å². The highest BCUT2D eigenvalue weighted by Crippen LogP contribution is 2.21. The molecule has 3 rings (SSSR count). The summed E-state index contributed by atoms with van der Waals surface area (Å²) in [5.74, 6) is -2.12. The molecule has 148 valence electrons. The van der Waals surface area contributed by atoms with Crippen molar-refractivity contribution in [3.63, 3.8) is 0 Å². The maximum Gasteiger partial charge on any atom is 0.242 e. The number of hydrogen-bond acceptors (Lipinski definition) is 3. The predicted molar refractivity (Wildman–Crippen MR) is 104 cm³/mol. The maximum atomic E-state index is 13.4. The molecule has 1 fully saturated rings. The van der Waals surface area contributed by atoms with E-state index in [0.29, 0.717) is 31.6 Å². The first-order chi connectivity index (χ1) is 13.4. The number of nitrogens with one attached hydrogen (secondary N) is 1. The molecule has 0 atom stereocenters. The van der Waals surface area contributed by atoms with Crippen molar-refractivity contribution in [3.05, 3.63) is 60.2 Å². The summed E-state index contributed by atoms with van der Waals surface area (Å²) in [4.78, 5) is 28.2. The summed E-state index contributed by atoms with van der Waals surface area (Å²) < 4.78 is 26.4. The van der Waals surface area contributed by atoms with E-state index in [4.69, 9.17) is 0 Å². The zero-order valence-corrected chi connectivity index (χ0v) is 15.7. The fourth-order valence-electron chi connectivity index (χ4n) is 3.27. The molecule has 0 radical (unpaired) electrons. The molecule has 1 saturated heterocycles. The maximum absolute atomic E-state index is 13.4. The number of halogens is 2. The Hall–Kier alpha value is -2.96. The second-order valence-corrected chi connectivity index (χ2v) is 6.96. The molecular formula is C21H23F2N3O2. The Labute approximate surface area is 162 Å². The van der Waals surface area contributed by atoms with E-state index in [9.17, 15) is 18.4 Å². The lowest BCUT2D eigenvalue weighted by molar-refractivity contribution is -0.133. The summed E-state index contributed by atoms with van der Waals surface area (Å²) in [6, 6.07) is 12.8. The molecule has 0 saturated carbocycles. The number of carbonyl (C=O) groups excluding carboxylic acids is 2. The lowest BCUT2D eigenvalue weighted by atomic mass is 9.95. The van der Waals surface area contributed by atoms with E-state index in [0.717, 1.165) is 17.8 Å². The van der Waals surface area contributed by atoms with Crippen molar-refractivity contribution in [3.8, 4) is 0 Å². The van der Waals surface area contributed by atoms with Gasteiger partial charge < -0.3 is 15.1 Å². The van der Waals surface area contributed by atoms with Crippen LogP contribution in [0, 0.1) is 17.6 Å². The zero-order chi connectivity index (χ0) is 20.1. The van der Waals surface area contributed by atoms with Crippen molar-refractivity contribution in [1.29, 1.82) is 0 Å². The standard InChI is InChI=1S/C21H23F2N3O2/c1-25(17-7-8-18(22)19(23)13-17)14-20(27)26-11-9-15(10-12-26)21(28)24-16-5-3-2-4-6-16/h2-8,13,15H,9-12,14H2,1H3,(H,24,28). The highest BCUT2D eigenvalue weighted by molar-refractivity contribution is 5.92. The fraction of sp³-hybridized carbons (Fsp3) is 0.333. The van der Waals surface area contributed by atoms with E-state index >= 15 is 0 Å². The van der Waals surface area contributed by atoms with Gasteiger partial charge in [-0.2, -0.15) is 0 Å². The summed E-state index contributed by atoms with van der Waals surface area (Å²) in [7, 11) is 1.66. The van der Waals surface area contributed by atoms with Gasteiger partial charge in [-0.1, -0.05) is 18.2 Å². The zero-order valence-electron chi connectivity index (χ0n) is 15.7. The number of nitrogens with zero attached hydrogens (tertiary/aromatic N) is 2. The van der Waals surface area contributed by atoms with Crippen LogP contribution in [0.3, 0.4) is 0 Å². The van der Waals surface area contributed by atoms with E-state index in [1.165, 1.54) is 6.07 Å². The van der Waals surface area contributed by atoms with Gasteiger partial charge in [-0.3, -0.25) is 9.59 Å². The van der Waals surface area contributed by atoms with Crippen molar-refractivity contribution in [2.24, 2.45) is 5.92 Å². The Balaban J connectivity index is 1.49. The van der Waals surface area contributed by atoms with Gasteiger partial charge in [0.15, 0.2) is 11.6 Å². The number of piperidine rings is 1.